The Labute approximate surface area is 187 Å². The van der Waals surface area contributed by atoms with Crippen LogP contribution in [-0.4, -0.2) is 37.4 Å². The Morgan fingerprint density at radius 3 is 2.81 bits per heavy atom. The molecule has 1 atom stereocenters. The second-order valence-corrected chi connectivity index (χ2v) is 8.52. The van der Waals surface area contributed by atoms with Gasteiger partial charge < -0.3 is 5.32 Å². The van der Waals surface area contributed by atoms with Crippen molar-refractivity contribution in [1.82, 2.24) is 24.9 Å². The largest absolute Gasteiger partial charge is 0.311 e. The smallest absolute Gasteiger partial charge is 0.164 e. The summed E-state index contributed by atoms with van der Waals surface area (Å²) < 4.78 is 1.74. The molecule has 0 radical (unpaired) electrons. The van der Waals surface area contributed by atoms with Crippen LogP contribution < -0.4 is 5.32 Å². The molecule has 0 unspecified atom stereocenters. The summed E-state index contributed by atoms with van der Waals surface area (Å²) in [6.45, 7) is 3.25. The third-order valence-electron chi connectivity index (χ3n) is 6.64. The van der Waals surface area contributed by atoms with E-state index >= 15 is 0 Å². The van der Waals surface area contributed by atoms with Crippen LogP contribution in [0.3, 0.4) is 0 Å². The molecule has 0 aliphatic carbocycles. The number of pyridine rings is 1. The first kappa shape index (κ1) is 20.5. The monoisotopic (exact) mass is 425 g/mol. The third kappa shape index (κ3) is 3.94. The van der Waals surface area contributed by atoms with E-state index in [-0.39, 0.29) is 11.3 Å². The number of Topliss-reactive ketones (excluding diaryl/α,β-unsaturated/α-hetero) is 1. The highest BCUT2D eigenvalue weighted by Gasteiger charge is 2.31. The average molecular weight is 426 g/mol. The van der Waals surface area contributed by atoms with Crippen LogP contribution in [0.25, 0.3) is 28.2 Å². The summed E-state index contributed by atoms with van der Waals surface area (Å²) in [7, 11) is 0. The Balaban J connectivity index is 1.42. The summed E-state index contributed by atoms with van der Waals surface area (Å²) in [6, 6.07) is 15.7. The number of aromatic nitrogens is 4. The quantitative estimate of drug-likeness (QED) is 0.424. The first-order chi connectivity index (χ1) is 15.7. The van der Waals surface area contributed by atoms with Gasteiger partial charge in [-0.15, -0.1) is 0 Å². The summed E-state index contributed by atoms with van der Waals surface area (Å²) in [4.78, 5) is 22.4. The predicted octanol–water partition coefficient (Wildman–Crippen LogP) is 4.95. The van der Waals surface area contributed by atoms with E-state index in [1.54, 1.807) is 23.0 Å². The van der Waals surface area contributed by atoms with E-state index < -0.39 is 0 Å². The maximum atomic E-state index is 13.0. The molecular weight excluding hydrogens is 398 g/mol. The number of benzene rings is 1. The van der Waals surface area contributed by atoms with Gasteiger partial charge in [-0.1, -0.05) is 37.3 Å². The summed E-state index contributed by atoms with van der Waals surface area (Å²) in [5.41, 5.74) is 4.99. The second-order valence-electron chi connectivity index (χ2n) is 8.52. The Kier molecular flexibility index (Phi) is 5.53. The van der Waals surface area contributed by atoms with Crippen molar-refractivity contribution in [2.45, 2.75) is 44.6 Å². The molecule has 1 aliphatic heterocycles. The molecule has 4 aromatic rings. The van der Waals surface area contributed by atoms with Gasteiger partial charge >= 0.3 is 0 Å². The number of ketones is 1. The van der Waals surface area contributed by atoms with Gasteiger partial charge in [0.05, 0.1) is 23.1 Å². The van der Waals surface area contributed by atoms with Gasteiger partial charge in [-0.25, -0.2) is 9.50 Å². The molecule has 6 heteroatoms. The molecule has 0 spiro atoms. The maximum Gasteiger partial charge on any atom is 0.164 e. The number of carbonyl (C=O) groups is 1. The number of carbonyl (C=O) groups excluding carboxylic acids is 1. The van der Waals surface area contributed by atoms with Gasteiger partial charge in [0.15, 0.2) is 11.4 Å². The zero-order chi connectivity index (χ0) is 22.0. The van der Waals surface area contributed by atoms with E-state index in [1.165, 1.54) is 6.42 Å². The number of hydrogen-bond donors (Lipinski definition) is 1. The molecule has 0 amide bonds. The number of nitrogens with one attached hydrogen (secondary N) is 1. The molecule has 1 N–H and O–H groups in total. The Bertz CT molecular complexity index is 1240. The van der Waals surface area contributed by atoms with Gasteiger partial charge in [0.1, 0.15) is 0 Å². The fourth-order valence-electron chi connectivity index (χ4n) is 4.63. The first-order valence-corrected chi connectivity index (χ1v) is 11.3. The van der Waals surface area contributed by atoms with Crippen molar-refractivity contribution in [2.24, 2.45) is 0 Å². The van der Waals surface area contributed by atoms with Crippen LogP contribution in [0.2, 0.25) is 0 Å². The van der Waals surface area contributed by atoms with Crippen LogP contribution in [0.15, 0.2) is 67.1 Å². The fraction of sp³-hybridized carbons (Fsp3) is 0.308. The minimum Gasteiger partial charge on any atom is -0.311 e. The van der Waals surface area contributed by atoms with E-state index in [9.17, 15) is 4.79 Å². The minimum absolute atomic E-state index is 0.117. The molecule has 0 bridgehead atoms. The number of rotatable bonds is 7. The van der Waals surface area contributed by atoms with Crippen LogP contribution in [0, 0.1) is 0 Å². The molecule has 6 nitrogen and oxygen atoms in total. The molecule has 1 saturated heterocycles. The molecule has 1 fully saturated rings. The maximum absolute atomic E-state index is 13.0. The van der Waals surface area contributed by atoms with Crippen molar-refractivity contribution in [1.29, 1.82) is 0 Å². The van der Waals surface area contributed by atoms with Gasteiger partial charge in [0.2, 0.25) is 0 Å². The van der Waals surface area contributed by atoms with Gasteiger partial charge in [-0.2, -0.15) is 5.10 Å². The fourth-order valence-corrected chi connectivity index (χ4v) is 4.63. The van der Waals surface area contributed by atoms with Crippen molar-refractivity contribution in [3.8, 4) is 22.5 Å². The second kappa shape index (κ2) is 8.63. The minimum atomic E-state index is 0.117. The highest BCUT2D eigenvalue weighted by atomic mass is 16.1. The van der Waals surface area contributed by atoms with Gasteiger partial charge in [-0.05, 0) is 50.4 Å². The summed E-state index contributed by atoms with van der Waals surface area (Å²) in [6.07, 6.45) is 10.2. The van der Waals surface area contributed by atoms with Crippen molar-refractivity contribution >= 4 is 11.4 Å². The van der Waals surface area contributed by atoms with Crippen LogP contribution in [0.1, 0.15) is 49.4 Å². The van der Waals surface area contributed by atoms with Gasteiger partial charge in [-0.3, -0.25) is 9.78 Å². The van der Waals surface area contributed by atoms with Crippen molar-refractivity contribution in [2.75, 3.05) is 6.54 Å². The lowest BCUT2D eigenvalue weighted by molar-refractivity contribution is 0.0966. The highest BCUT2D eigenvalue weighted by molar-refractivity contribution is 5.97. The highest BCUT2D eigenvalue weighted by Crippen LogP contribution is 2.29. The summed E-state index contributed by atoms with van der Waals surface area (Å²) in [5.74, 6) is 0.157. The van der Waals surface area contributed by atoms with Gasteiger partial charge in [0.25, 0.3) is 0 Å². The molecule has 3 aromatic heterocycles. The third-order valence-corrected chi connectivity index (χ3v) is 6.64. The summed E-state index contributed by atoms with van der Waals surface area (Å²) in [5, 5.41) is 8.05. The van der Waals surface area contributed by atoms with Crippen LogP contribution in [-0.2, 0) is 0 Å². The van der Waals surface area contributed by atoms with E-state index in [0.717, 1.165) is 48.3 Å². The molecule has 5 rings (SSSR count). The molecule has 0 saturated carbocycles. The zero-order valence-corrected chi connectivity index (χ0v) is 18.3. The van der Waals surface area contributed by atoms with Crippen LogP contribution in [0.4, 0.5) is 0 Å². The Morgan fingerprint density at radius 2 is 2.03 bits per heavy atom. The van der Waals surface area contributed by atoms with Crippen LogP contribution in [0.5, 0.6) is 0 Å². The average Bonchev–Trinajstić information content (AvgIpc) is 3.50. The van der Waals surface area contributed by atoms with E-state index in [2.05, 4.69) is 22.3 Å². The lowest BCUT2D eigenvalue weighted by Gasteiger charge is -2.27. The number of hydrogen-bond acceptors (Lipinski definition) is 5. The zero-order valence-electron chi connectivity index (χ0n) is 18.3. The molecule has 1 aliphatic rings. The van der Waals surface area contributed by atoms with Crippen molar-refractivity contribution in [3.63, 3.8) is 0 Å². The SMILES string of the molecule is CC[C@@]1(CCC(=O)c2ccnc(-c3cnn4ccc(-c5ccccc5)nc34)c2)CCCN1. The van der Waals surface area contributed by atoms with Gasteiger partial charge in [0, 0.05) is 35.5 Å². The van der Waals surface area contributed by atoms with E-state index in [4.69, 9.17) is 4.98 Å². The standard InChI is InChI=1S/C26H27N5O/c1-2-26(12-6-14-28-26)13-9-24(32)20-10-15-27-23(17-20)21-18-29-31-16-11-22(30-25(21)31)19-7-4-3-5-8-19/h3-5,7-8,10-11,15-18,28H,2,6,9,12-14H2,1H3/t26-/m0/s1. The number of fused-ring (bicyclic) bond motifs is 1. The topological polar surface area (TPSA) is 72.2 Å². The van der Waals surface area contributed by atoms with Crippen LogP contribution >= 0.6 is 0 Å². The summed E-state index contributed by atoms with van der Waals surface area (Å²) >= 11 is 0. The molecule has 162 valence electrons. The van der Waals surface area contributed by atoms with Crippen molar-refractivity contribution in [3.05, 3.63) is 72.7 Å². The molecule has 32 heavy (non-hydrogen) atoms. The Morgan fingerprint density at radius 1 is 1.16 bits per heavy atom. The first-order valence-electron chi connectivity index (χ1n) is 11.3. The molecular formula is C26H27N5O. The predicted molar refractivity (Wildman–Crippen MR) is 125 cm³/mol. The lowest BCUT2D eigenvalue weighted by Crippen LogP contribution is -2.39. The lowest BCUT2D eigenvalue weighted by atomic mass is 9.87. The van der Waals surface area contributed by atoms with E-state index in [1.807, 2.05) is 48.7 Å². The van der Waals surface area contributed by atoms with Crippen molar-refractivity contribution < 1.29 is 4.79 Å². The number of nitrogens with zero attached hydrogens (tertiary/aromatic N) is 4. The van der Waals surface area contributed by atoms with E-state index in [0.29, 0.717) is 17.7 Å². The Hall–Kier alpha value is -3.38. The normalized spacial score (nSPS) is 18.3. The molecule has 4 heterocycles. The molecule has 1 aromatic carbocycles.